The van der Waals surface area contributed by atoms with Gasteiger partial charge in [-0.25, -0.2) is 4.39 Å². The number of hydrogen-bond donors (Lipinski definition) is 0. The second-order valence-corrected chi connectivity index (χ2v) is 6.20. The average Bonchev–Trinajstić information content (AvgIpc) is 1.80. The summed E-state index contributed by atoms with van der Waals surface area (Å²) in [6.45, 7) is 16.3. The van der Waals surface area contributed by atoms with E-state index in [1.54, 1.807) is 13.8 Å². The molecule has 0 saturated carbocycles. The van der Waals surface area contributed by atoms with Crippen molar-refractivity contribution >= 4 is 0 Å². The maximum absolute atomic E-state index is 14.5. The van der Waals surface area contributed by atoms with Crippen molar-refractivity contribution in [1.82, 2.24) is 0 Å². The van der Waals surface area contributed by atoms with Gasteiger partial charge in [-0.2, -0.15) is 0 Å². The fourth-order valence-electron chi connectivity index (χ4n) is 3.80. The first-order valence-corrected chi connectivity index (χ1v) is 5.69. The van der Waals surface area contributed by atoms with Gasteiger partial charge in [-0.3, -0.25) is 0 Å². The van der Waals surface area contributed by atoms with Crippen molar-refractivity contribution in [3.63, 3.8) is 0 Å². The van der Waals surface area contributed by atoms with Crippen molar-refractivity contribution < 1.29 is 4.39 Å². The highest BCUT2D eigenvalue weighted by molar-refractivity contribution is 5.02. The van der Waals surface area contributed by atoms with Crippen LogP contribution in [0.25, 0.3) is 0 Å². The van der Waals surface area contributed by atoms with Crippen LogP contribution in [0, 0.1) is 16.7 Å². The van der Waals surface area contributed by atoms with Crippen LogP contribution in [0.15, 0.2) is 0 Å². The minimum absolute atomic E-state index is 0.00579. The smallest absolute Gasteiger partial charge is 0.111 e. The van der Waals surface area contributed by atoms with E-state index < -0.39 is 5.67 Å². The molecule has 14 heavy (non-hydrogen) atoms. The topological polar surface area (TPSA) is 0 Å². The summed E-state index contributed by atoms with van der Waals surface area (Å²) in [5.41, 5.74) is -1.39. The summed E-state index contributed by atoms with van der Waals surface area (Å²) in [6.07, 6.45) is 0.887. The third-order valence-corrected chi connectivity index (χ3v) is 3.94. The molecule has 0 rings (SSSR count). The lowest BCUT2D eigenvalue weighted by molar-refractivity contribution is -0.103. The van der Waals surface area contributed by atoms with Crippen molar-refractivity contribution in [3.05, 3.63) is 0 Å². The Labute approximate surface area is 89.3 Å². The summed E-state index contributed by atoms with van der Waals surface area (Å²) in [5, 5.41) is 0. The van der Waals surface area contributed by atoms with Gasteiger partial charge in [0.2, 0.25) is 0 Å². The van der Waals surface area contributed by atoms with E-state index in [0.29, 0.717) is 5.92 Å². The molecule has 0 saturated heterocycles. The van der Waals surface area contributed by atoms with Crippen LogP contribution in [0.2, 0.25) is 0 Å². The molecule has 0 aliphatic heterocycles. The van der Waals surface area contributed by atoms with Crippen LogP contribution in [0.3, 0.4) is 0 Å². The predicted octanol–water partition coefficient (Wildman–Crippen LogP) is 4.83. The van der Waals surface area contributed by atoms with E-state index in [9.17, 15) is 4.39 Å². The zero-order valence-electron chi connectivity index (χ0n) is 11.2. The fourth-order valence-corrected chi connectivity index (χ4v) is 3.80. The molecule has 0 aromatic heterocycles. The third kappa shape index (κ3) is 1.97. The lowest BCUT2D eigenvalue weighted by atomic mass is 9.53. The lowest BCUT2D eigenvalue weighted by Gasteiger charge is -2.54. The van der Waals surface area contributed by atoms with Gasteiger partial charge < -0.3 is 0 Å². The Morgan fingerprint density at radius 1 is 1.00 bits per heavy atom. The zero-order chi connectivity index (χ0) is 11.8. The first-order chi connectivity index (χ1) is 6.00. The lowest BCUT2D eigenvalue weighted by Crippen LogP contribution is -2.52. The molecular weight excluding hydrogens is 175 g/mol. The highest BCUT2D eigenvalue weighted by atomic mass is 19.1. The molecule has 0 aromatic carbocycles. The minimum Gasteiger partial charge on any atom is -0.244 e. The van der Waals surface area contributed by atoms with E-state index in [0.717, 1.165) is 6.42 Å². The normalized spacial score (nSPS) is 18.4. The Kier molecular flexibility index (Phi) is 3.81. The van der Waals surface area contributed by atoms with Gasteiger partial charge in [0.05, 0.1) is 0 Å². The number of halogens is 1. The van der Waals surface area contributed by atoms with Crippen LogP contribution in [0.1, 0.15) is 61.8 Å². The van der Waals surface area contributed by atoms with Gasteiger partial charge >= 0.3 is 0 Å². The molecule has 0 aromatic rings. The SMILES string of the molecule is CC[C@](C(C)C)(C(C)(C)C)C(C)(C)F. The first kappa shape index (κ1) is 13.9. The van der Waals surface area contributed by atoms with Gasteiger partial charge in [-0.15, -0.1) is 0 Å². The van der Waals surface area contributed by atoms with Gasteiger partial charge in [0.1, 0.15) is 5.67 Å². The molecule has 0 amide bonds. The molecule has 1 atom stereocenters. The van der Waals surface area contributed by atoms with E-state index >= 15 is 0 Å². The molecular formula is C13H27F. The van der Waals surface area contributed by atoms with E-state index in [1.807, 2.05) is 0 Å². The summed E-state index contributed by atoms with van der Waals surface area (Å²) in [7, 11) is 0. The molecule has 0 fully saturated rings. The van der Waals surface area contributed by atoms with E-state index in [4.69, 9.17) is 0 Å². The van der Waals surface area contributed by atoms with Crippen molar-refractivity contribution in [3.8, 4) is 0 Å². The van der Waals surface area contributed by atoms with Gasteiger partial charge in [-0.05, 0) is 31.6 Å². The van der Waals surface area contributed by atoms with Gasteiger partial charge in [0, 0.05) is 5.41 Å². The molecule has 0 N–H and O–H groups in total. The molecule has 86 valence electrons. The van der Waals surface area contributed by atoms with Gasteiger partial charge in [-0.1, -0.05) is 41.5 Å². The van der Waals surface area contributed by atoms with Crippen molar-refractivity contribution in [2.24, 2.45) is 16.7 Å². The summed E-state index contributed by atoms with van der Waals surface area (Å²) in [4.78, 5) is 0. The van der Waals surface area contributed by atoms with Gasteiger partial charge in [0.25, 0.3) is 0 Å². The number of alkyl halides is 1. The summed E-state index contributed by atoms with van der Waals surface area (Å²) in [6, 6.07) is 0. The molecule has 0 aliphatic carbocycles. The zero-order valence-corrected chi connectivity index (χ0v) is 11.2. The van der Waals surface area contributed by atoms with E-state index in [-0.39, 0.29) is 10.8 Å². The van der Waals surface area contributed by atoms with Crippen molar-refractivity contribution in [1.29, 1.82) is 0 Å². The maximum Gasteiger partial charge on any atom is 0.111 e. The third-order valence-electron chi connectivity index (χ3n) is 3.94. The highest BCUT2D eigenvalue weighted by Crippen LogP contribution is 2.55. The van der Waals surface area contributed by atoms with Crippen LogP contribution in [0.4, 0.5) is 4.39 Å². The molecule has 1 heteroatoms. The molecule has 0 aliphatic rings. The van der Waals surface area contributed by atoms with Crippen molar-refractivity contribution in [2.75, 3.05) is 0 Å². The number of hydrogen-bond acceptors (Lipinski definition) is 0. The summed E-state index contributed by atoms with van der Waals surface area (Å²) < 4.78 is 14.5. The molecule has 0 radical (unpaired) electrons. The first-order valence-electron chi connectivity index (χ1n) is 5.69. The maximum atomic E-state index is 14.5. The predicted molar refractivity (Wildman–Crippen MR) is 62.2 cm³/mol. The van der Waals surface area contributed by atoms with E-state index in [2.05, 4.69) is 41.5 Å². The highest BCUT2D eigenvalue weighted by Gasteiger charge is 2.53. The van der Waals surface area contributed by atoms with Crippen LogP contribution >= 0.6 is 0 Å². The molecule has 0 nitrogen and oxygen atoms in total. The molecule has 0 heterocycles. The second kappa shape index (κ2) is 3.83. The monoisotopic (exact) mass is 202 g/mol. The standard InChI is InChI=1S/C13H27F/c1-9-13(10(2)3,11(4,5)6)12(7,8)14/h10H,9H2,1-8H3/t13-/m0/s1. The second-order valence-electron chi connectivity index (χ2n) is 6.20. The minimum atomic E-state index is -1.13. The van der Waals surface area contributed by atoms with Crippen molar-refractivity contribution in [2.45, 2.75) is 67.5 Å². The average molecular weight is 202 g/mol. The van der Waals surface area contributed by atoms with Crippen LogP contribution in [0.5, 0.6) is 0 Å². The largest absolute Gasteiger partial charge is 0.244 e. The molecule has 0 unspecified atom stereocenters. The Balaban J connectivity index is 5.45. The van der Waals surface area contributed by atoms with Crippen LogP contribution in [-0.2, 0) is 0 Å². The Bertz CT molecular complexity index is 164. The number of rotatable bonds is 3. The Hall–Kier alpha value is -0.0700. The quantitative estimate of drug-likeness (QED) is 0.614. The molecule has 0 spiro atoms. The molecule has 0 bridgehead atoms. The van der Waals surface area contributed by atoms with Crippen LogP contribution < -0.4 is 0 Å². The van der Waals surface area contributed by atoms with Crippen LogP contribution in [-0.4, -0.2) is 5.67 Å². The Morgan fingerprint density at radius 2 is 1.36 bits per heavy atom. The van der Waals surface area contributed by atoms with E-state index in [1.165, 1.54) is 0 Å². The Morgan fingerprint density at radius 3 is 1.36 bits per heavy atom. The summed E-state index contributed by atoms with van der Waals surface area (Å²) >= 11 is 0. The fraction of sp³-hybridized carbons (Fsp3) is 1.00. The summed E-state index contributed by atoms with van der Waals surface area (Å²) in [5.74, 6) is 0.354. The van der Waals surface area contributed by atoms with Gasteiger partial charge in [0.15, 0.2) is 0 Å².